The quantitative estimate of drug-likeness (QED) is 0.0192. The van der Waals surface area contributed by atoms with Crippen LogP contribution in [0.2, 0.25) is 0 Å². The minimum absolute atomic E-state index is 0.330. The molecule has 15 heteroatoms. The van der Waals surface area contributed by atoms with Crippen LogP contribution in [-0.2, 0) is 43.0 Å². The summed E-state index contributed by atoms with van der Waals surface area (Å²) in [5.41, 5.74) is 0. The van der Waals surface area contributed by atoms with E-state index in [1.165, 1.54) is 231 Å². The van der Waals surface area contributed by atoms with E-state index < -0.39 is 19.5 Å². The Kier molecular flexibility index (Phi) is 62.0. The van der Waals surface area contributed by atoms with Gasteiger partial charge in [-0.05, 0) is 25.7 Å². The van der Waals surface area contributed by atoms with Gasteiger partial charge in [-0.1, -0.05) is 354 Å². The number of alkyl halides is 6. The van der Waals surface area contributed by atoms with Crippen molar-refractivity contribution in [1.82, 2.24) is 0 Å². The average Bonchev–Trinajstić information content (AvgIpc) is 3.35. The fourth-order valence-electron chi connectivity index (χ4n) is 8.39. The van der Waals surface area contributed by atoms with Crippen LogP contribution in [0.15, 0.2) is 0 Å². The second-order valence-electron chi connectivity index (χ2n) is 20.5. The molecule has 0 rings (SSSR count). The van der Waals surface area contributed by atoms with Gasteiger partial charge in [0.05, 0.1) is 0 Å². The summed E-state index contributed by atoms with van der Waals surface area (Å²) in [6.07, 6.45) is 57.0. The standard InChI is InChI=1S/2C28H54O3.C4Cl6O3/c2*1-3-5-7-9-11-13-15-17-19-21-23-25-27(29)31-28(30)26-24-22-20-18-16-14-12-10-8-6-4-2;5-3(6,7)1(11)13-2(12)4(8,9)10/h2*3-26H2,1-2H3;. The largest absolute Gasteiger partial charge is 0.393 e. The maximum atomic E-state index is 11.8. The van der Waals surface area contributed by atoms with Gasteiger partial charge in [-0.25, -0.2) is 9.59 Å². The lowest BCUT2D eigenvalue weighted by atomic mass is 10.1. The van der Waals surface area contributed by atoms with Crippen LogP contribution in [0.4, 0.5) is 0 Å². The Labute approximate surface area is 488 Å². The molecule has 0 aliphatic carbocycles. The average molecular weight is 1190 g/mol. The highest BCUT2D eigenvalue weighted by atomic mass is 35.6. The Morgan fingerprint density at radius 3 is 0.493 bits per heavy atom. The van der Waals surface area contributed by atoms with E-state index in [4.69, 9.17) is 79.1 Å². The molecule has 0 atom stereocenters. The molecule has 0 aliphatic rings. The first kappa shape index (κ1) is 78.4. The predicted molar refractivity (Wildman–Crippen MR) is 318 cm³/mol. The van der Waals surface area contributed by atoms with Crippen molar-refractivity contribution >= 4 is 105 Å². The van der Waals surface area contributed by atoms with E-state index in [-0.39, 0.29) is 23.9 Å². The first-order valence-corrected chi connectivity index (χ1v) is 32.6. The first-order valence-electron chi connectivity index (χ1n) is 30.3. The van der Waals surface area contributed by atoms with Crippen LogP contribution in [0.25, 0.3) is 0 Å². The third kappa shape index (κ3) is 65.6. The molecular weight excluding hydrogens is 1080 g/mol. The summed E-state index contributed by atoms with van der Waals surface area (Å²) in [6.45, 7) is 9.02. The lowest BCUT2D eigenvalue weighted by molar-refractivity contribution is -0.161. The molecule has 0 bridgehead atoms. The van der Waals surface area contributed by atoms with Gasteiger partial charge in [0.2, 0.25) is 0 Å². The maximum Gasteiger partial charge on any atom is 0.366 e. The van der Waals surface area contributed by atoms with Gasteiger partial charge in [-0.15, -0.1) is 0 Å². The molecule has 0 aromatic rings. The topological polar surface area (TPSA) is 130 Å². The predicted octanol–water partition coefficient (Wildman–Crippen LogP) is 21.7. The van der Waals surface area contributed by atoms with Crippen LogP contribution in [-0.4, -0.2) is 43.4 Å². The third-order valence-electron chi connectivity index (χ3n) is 13.0. The van der Waals surface area contributed by atoms with E-state index in [0.717, 1.165) is 51.4 Å². The summed E-state index contributed by atoms with van der Waals surface area (Å²) in [5, 5.41) is 0. The van der Waals surface area contributed by atoms with Crippen molar-refractivity contribution in [3.8, 4) is 0 Å². The summed E-state index contributed by atoms with van der Waals surface area (Å²) < 4.78 is 9.06. The number of halogens is 6. The molecule has 0 N–H and O–H groups in total. The monoisotopic (exact) mass is 1180 g/mol. The van der Waals surface area contributed by atoms with Gasteiger partial charge in [-0.2, -0.15) is 0 Å². The van der Waals surface area contributed by atoms with Gasteiger partial charge in [0, 0.05) is 25.7 Å². The fourth-order valence-corrected chi connectivity index (χ4v) is 8.62. The number of unbranched alkanes of at least 4 members (excludes halogenated alkanes) is 40. The second kappa shape index (κ2) is 59.3. The van der Waals surface area contributed by atoms with E-state index in [2.05, 4.69) is 32.4 Å². The van der Waals surface area contributed by atoms with Crippen LogP contribution in [0.3, 0.4) is 0 Å². The van der Waals surface area contributed by atoms with Gasteiger partial charge in [0.15, 0.2) is 0 Å². The van der Waals surface area contributed by atoms with Gasteiger partial charge in [0.1, 0.15) is 0 Å². The van der Waals surface area contributed by atoms with Crippen LogP contribution in [0.5, 0.6) is 0 Å². The van der Waals surface area contributed by atoms with Crippen molar-refractivity contribution in [3.05, 3.63) is 0 Å². The van der Waals surface area contributed by atoms with Crippen molar-refractivity contribution in [2.45, 2.75) is 343 Å². The molecule has 0 aromatic carbocycles. The van der Waals surface area contributed by atoms with Crippen molar-refractivity contribution in [2.24, 2.45) is 0 Å². The number of ether oxygens (including phenoxy) is 3. The molecule has 0 heterocycles. The van der Waals surface area contributed by atoms with Crippen molar-refractivity contribution in [3.63, 3.8) is 0 Å². The molecule has 0 aromatic heterocycles. The molecule has 0 saturated carbocycles. The Bertz CT molecular complexity index is 1170. The van der Waals surface area contributed by atoms with E-state index in [9.17, 15) is 28.8 Å². The number of carbonyl (C=O) groups excluding carboxylic acids is 6. The number of carbonyl (C=O) groups is 6. The highest BCUT2D eigenvalue weighted by Crippen LogP contribution is 2.32. The summed E-state index contributed by atoms with van der Waals surface area (Å²) >= 11 is 30.3. The van der Waals surface area contributed by atoms with E-state index in [1.807, 2.05) is 0 Å². The molecule has 0 amide bonds. The zero-order valence-corrected chi connectivity index (χ0v) is 52.4. The Hall–Kier alpha value is -0.840. The molecule has 9 nitrogen and oxygen atoms in total. The highest BCUT2D eigenvalue weighted by molar-refractivity contribution is 6.77. The van der Waals surface area contributed by atoms with Gasteiger partial charge >= 0.3 is 35.8 Å². The maximum absolute atomic E-state index is 11.8. The molecule has 75 heavy (non-hydrogen) atoms. The smallest absolute Gasteiger partial charge is 0.366 e. The van der Waals surface area contributed by atoms with Crippen molar-refractivity contribution in [1.29, 1.82) is 0 Å². The highest BCUT2D eigenvalue weighted by Gasteiger charge is 2.40. The molecule has 0 spiro atoms. The molecular formula is C60H108Cl6O9. The number of hydrogen-bond donors (Lipinski definition) is 0. The normalized spacial score (nSPS) is 11.3. The summed E-state index contributed by atoms with van der Waals surface area (Å²) in [5.74, 6) is -4.19. The molecule has 0 aliphatic heterocycles. The molecule has 0 fully saturated rings. The molecule has 444 valence electrons. The van der Waals surface area contributed by atoms with Crippen molar-refractivity contribution in [2.75, 3.05) is 0 Å². The van der Waals surface area contributed by atoms with E-state index in [1.54, 1.807) is 0 Å². The zero-order chi connectivity index (χ0) is 56.5. The van der Waals surface area contributed by atoms with Gasteiger partial charge < -0.3 is 14.2 Å². The zero-order valence-electron chi connectivity index (χ0n) is 47.9. The Morgan fingerprint density at radius 1 is 0.227 bits per heavy atom. The number of rotatable bonds is 48. The van der Waals surface area contributed by atoms with E-state index in [0.29, 0.717) is 25.7 Å². The van der Waals surface area contributed by atoms with Crippen LogP contribution >= 0.6 is 69.6 Å². The lowest BCUT2D eigenvalue weighted by Gasteiger charge is -2.12. The molecule has 0 radical (unpaired) electrons. The van der Waals surface area contributed by atoms with Crippen LogP contribution < -0.4 is 0 Å². The second-order valence-corrected chi connectivity index (χ2v) is 25.1. The Morgan fingerprint density at radius 2 is 0.360 bits per heavy atom. The van der Waals surface area contributed by atoms with Crippen LogP contribution in [0.1, 0.15) is 336 Å². The summed E-state index contributed by atoms with van der Waals surface area (Å²) in [7, 11) is 0. The van der Waals surface area contributed by atoms with Gasteiger partial charge in [-0.3, -0.25) is 19.2 Å². The van der Waals surface area contributed by atoms with Gasteiger partial charge in [0.25, 0.3) is 7.59 Å². The summed E-state index contributed by atoms with van der Waals surface area (Å²) in [4.78, 5) is 68.5. The number of hydrogen-bond acceptors (Lipinski definition) is 9. The Balaban J connectivity index is -0.00000112. The van der Waals surface area contributed by atoms with Crippen LogP contribution in [0, 0.1) is 0 Å². The minimum atomic E-state index is -2.38. The SMILES string of the molecule is CCCCCCCCCCCCCC(=O)OC(=O)CCCCCCCCCCCCC.CCCCCCCCCCCCCC(=O)OC(=O)CCCCCCCCCCCCC.O=C(OC(=O)C(Cl)(Cl)Cl)C(Cl)(Cl)Cl. The lowest BCUT2D eigenvalue weighted by Crippen LogP contribution is -2.31. The minimum Gasteiger partial charge on any atom is -0.393 e. The number of esters is 6. The van der Waals surface area contributed by atoms with E-state index >= 15 is 0 Å². The molecule has 0 saturated heterocycles. The van der Waals surface area contributed by atoms with Crippen molar-refractivity contribution < 1.29 is 43.0 Å². The molecule has 0 unspecified atom stereocenters. The first-order chi connectivity index (χ1) is 36.0. The summed E-state index contributed by atoms with van der Waals surface area (Å²) in [6, 6.07) is 0. The fraction of sp³-hybridized carbons (Fsp3) is 0.900. The third-order valence-corrected chi connectivity index (χ3v) is 14.0.